The number of pyridine rings is 1. The van der Waals surface area contributed by atoms with E-state index in [0.717, 1.165) is 56.5 Å². The Bertz CT molecular complexity index is 3730. The number of hydrogen-bond acceptors (Lipinski definition) is 4. The molecular weight excluding hydrogens is 831 g/mol. The molecule has 1 aliphatic rings. The van der Waals surface area contributed by atoms with Crippen molar-refractivity contribution < 1.29 is 4.74 Å². The molecule has 12 rings (SSSR count). The molecule has 3 aromatic heterocycles. The van der Waals surface area contributed by atoms with Crippen molar-refractivity contribution in [2.45, 2.75) is 52.4 Å². The number of para-hydroxylation sites is 6. The molecular formula is C62H53N5O. The summed E-state index contributed by atoms with van der Waals surface area (Å²) in [5.41, 5.74) is 15.0. The molecule has 0 radical (unpaired) electrons. The van der Waals surface area contributed by atoms with Gasteiger partial charge < -0.3 is 19.1 Å². The van der Waals surface area contributed by atoms with Crippen LogP contribution in [0.15, 0.2) is 200 Å². The zero-order chi connectivity index (χ0) is 46.3. The molecule has 0 fully saturated rings. The van der Waals surface area contributed by atoms with Gasteiger partial charge in [0.15, 0.2) is 0 Å². The van der Waals surface area contributed by atoms with Crippen LogP contribution in [0.3, 0.4) is 0 Å². The Morgan fingerprint density at radius 1 is 0.412 bits per heavy atom. The molecule has 0 bridgehead atoms. The van der Waals surface area contributed by atoms with Crippen molar-refractivity contribution in [1.82, 2.24) is 14.1 Å². The zero-order valence-corrected chi connectivity index (χ0v) is 39.4. The SMILES string of the molecule is CC(C)(C)c1ccnc(-n2c3ccccc3c3ccc(Oc4cccc(N5CN(c6cc(C(C)(C)C)ccc6-c6cccc7c8ccccc8n(-c8ccccc8)c67)c6ccccc65)c4)cc32)c1. The molecule has 0 unspecified atom stereocenters. The molecule has 8 aromatic carbocycles. The minimum Gasteiger partial charge on any atom is -0.457 e. The molecule has 4 heterocycles. The molecule has 0 atom stereocenters. The Labute approximate surface area is 397 Å². The van der Waals surface area contributed by atoms with Crippen LogP contribution in [-0.2, 0) is 10.8 Å². The van der Waals surface area contributed by atoms with Crippen LogP contribution in [0.5, 0.6) is 11.5 Å². The van der Waals surface area contributed by atoms with E-state index in [1.165, 1.54) is 55.1 Å². The Morgan fingerprint density at radius 3 is 1.78 bits per heavy atom. The topological polar surface area (TPSA) is 38.5 Å². The van der Waals surface area contributed by atoms with Gasteiger partial charge in [-0.25, -0.2) is 4.98 Å². The van der Waals surface area contributed by atoms with Crippen LogP contribution >= 0.6 is 0 Å². The summed E-state index contributed by atoms with van der Waals surface area (Å²) in [6, 6.07) is 70.0. The maximum absolute atomic E-state index is 6.82. The molecule has 0 N–H and O–H groups in total. The summed E-state index contributed by atoms with van der Waals surface area (Å²) < 4.78 is 11.5. The van der Waals surface area contributed by atoms with E-state index in [1.54, 1.807) is 0 Å². The van der Waals surface area contributed by atoms with Crippen LogP contribution in [0.4, 0.5) is 22.7 Å². The number of ether oxygens (including phenoxy) is 1. The second kappa shape index (κ2) is 15.8. The minimum absolute atomic E-state index is 0.0129. The number of anilines is 4. The second-order valence-corrected chi connectivity index (χ2v) is 20.1. The van der Waals surface area contributed by atoms with Crippen molar-refractivity contribution in [3.8, 4) is 34.1 Å². The number of hydrogen-bond donors (Lipinski definition) is 0. The molecule has 6 heteroatoms. The van der Waals surface area contributed by atoms with Crippen molar-refractivity contribution >= 4 is 66.4 Å². The van der Waals surface area contributed by atoms with Gasteiger partial charge in [0.05, 0.1) is 39.1 Å². The first-order chi connectivity index (χ1) is 33.0. The number of rotatable bonds is 7. The molecule has 11 aromatic rings. The van der Waals surface area contributed by atoms with Gasteiger partial charge in [-0.1, -0.05) is 145 Å². The van der Waals surface area contributed by atoms with E-state index in [9.17, 15) is 0 Å². The Kier molecular flexibility index (Phi) is 9.59. The predicted molar refractivity (Wildman–Crippen MR) is 284 cm³/mol. The fraction of sp³-hybridized carbons (Fsp3) is 0.145. The smallest absolute Gasteiger partial charge is 0.137 e. The van der Waals surface area contributed by atoms with E-state index in [0.29, 0.717) is 6.67 Å². The lowest BCUT2D eigenvalue weighted by Crippen LogP contribution is -2.25. The van der Waals surface area contributed by atoms with E-state index >= 15 is 0 Å². The molecule has 0 saturated heterocycles. The van der Waals surface area contributed by atoms with Gasteiger partial charge in [-0.2, -0.15) is 0 Å². The predicted octanol–water partition coefficient (Wildman–Crippen LogP) is 16.6. The van der Waals surface area contributed by atoms with Crippen molar-refractivity contribution in [2.75, 3.05) is 16.5 Å². The number of aromatic nitrogens is 3. The average Bonchev–Trinajstić information content (AvgIpc) is 4.02. The lowest BCUT2D eigenvalue weighted by Gasteiger charge is -2.28. The fourth-order valence-electron chi connectivity index (χ4n) is 10.3. The van der Waals surface area contributed by atoms with Crippen LogP contribution in [0.2, 0.25) is 0 Å². The highest BCUT2D eigenvalue weighted by molar-refractivity contribution is 6.15. The quantitative estimate of drug-likeness (QED) is 0.160. The van der Waals surface area contributed by atoms with E-state index in [2.05, 4.69) is 255 Å². The van der Waals surface area contributed by atoms with Gasteiger partial charge in [-0.15, -0.1) is 0 Å². The van der Waals surface area contributed by atoms with Gasteiger partial charge in [0.1, 0.15) is 24.0 Å². The molecule has 0 spiro atoms. The zero-order valence-electron chi connectivity index (χ0n) is 39.4. The lowest BCUT2D eigenvalue weighted by molar-refractivity contribution is 0.483. The Hall–Kier alpha value is -8.09. The van der Waals surface area contributed by atoms with Crippen molar-refractivity contribution in [2.24, 2.45) is 0 Å². The third kappa shape index (κ3) is 6.90. The van der Waals surface area contributed by atoms with Crippen LogP contribution in [0.25, 0.3) is 66.2 Å². The highest BCUT2D eigenvalue weighted by atomic mass is 16.5. The highest BCUT2D eigenvalue weighted by Gasteiger charge is 2.32. The van der Waals surface area contributed by atoms with Gasteiger partial charge in [0.25, 0.3) is 0 Å². The third-order valence-corrected chi connectivity index (χ3v) is 13.8. The van der Waals surface area contributed by atoms with Crippen LogP contribution in [0.1, 0.15) is 52.7 Å². The van der Waals surface area contributed by atoms with Gasteiger partial charge in [-0.3, -0.25) is 4.57 Å². The highest BCUT2D eigenvalue weighted by Crippen LogP contribution is 2.50. The summed E-state index contributed by atoms with van der Waals surface area (Å²) in [5.74, 6) is 2.43. The minimum atomic E-state index is -0.0623. The summed E-state index contributed by atoms with van der Waals surface area (Å²) in [7, 11) is 0. The van der Waals surface area contributed by atoms with Crippen molar-refractivity contribution in [1.29, 1.82) is 0 Å². The number of nitrogens with zero attached hydrogens (tertiary/aromatic N) is 5. The first kappa shape index (κ1) is 41.3. The molecule has 332 valence electrons. The summed E-state index contributed by atoms with van der Waals surface area (Å²) in [4.78, 5) is 9.81. The molecule has 0 aliphatic carbocycles. The van der Waals surface area contributed by atoms with E-state index in [1.807, 2.05) is 6.20 Å². The monoisotopic (exact) mass is 883 g/mol. The summed E-state index contributed by atoms with van der Waals surface area (Å²) in [6.07, 6.45) is 1.92. The van der Waals surface area contributed by atoms with Gasteiger partial charge in [-0.05, 0) is 101 Å². The normalized spacial score (nSPS) is 13.0. The molecule has 6 nitrogen and oxygen atoms in total. The second-order valence-electron chi connectivity index (χ2n) is 20.1. The standard InChI is InChI=1S/C62H53N5O/c1-61(2,3)41-30-32-50(52-25-17-24-51-48-23-11-12-26-53(48)66(60(51)52)43-18-8-7-9-19-43)57(36-41)65-40-64(55-28-14-15-29-56(55)65)44-20-16-21-45(38-44)68-46-31-33-49-47-22-10-13-27-54(47)67(58(49)39-46)59-37-42(34-35-63-59)62(4,5)6/h7-39H,40H2,1-6H3. The third-order valence-electron chi connectivity index (χ3n) is 13.8. The van der Waals surface area contributed by atoms with E-state index in [-0.39, 0.29) is 10.8 Å². The average molecular weight is 884 g/mol. The van der Waals surface area contributed by atoms with Gasteiger partial charge in [0.2, 0.25) is 0 Å². The summed E-state index contributed by atoms with van der Waals surface area (Å²) >= 11 is 0. The van der Waals surface area contributed by atoms with Crippen LogP contribution in [0, 0.1) is 0 Å². The summed E-state index contributed by atoms with van der Waals surface area (Å²) in [6.45, 7) is 14.2. The van der Waals surface area contributed by atoms with E-state index in [4.69, 9.17) is 9.72 Å². The van der Waals surface area contributed by atoms with Crippen molar-refractivity contribution in [3.63, 3.8) is 0 Å². The maximum Gasteiger partial charge on any atom is 0.137 e. The first-order valence-corrected chi connectivity index (χ1v) is 23.6. The largest absolute Gasteiger partial charge is 0.457 e. The Morgan fingerprint density at radius 2 is 1.01 bits per heavy atom. The number of benzene rings is 8. The molecule has 68 heavy (non-hydrogen) atoms. The molecule has 0 saturated carbocycles. The first-order valence-electron chi connectivity index (χ1n) is 23.6. The van der Waals surface area contributed by atoms with Crippen LogP contribution in [-0.4, -0.2) is 20.8 Å². The van der Waals surface area contributed by atoms with Gasteiger partial charge >= 0.3 is 0 Å². The van der Waals surface area contributed by atoms with E-state index < -0.39 is 0 Å². The Balaban J connectivity index is 0.950. The molecule has 1 aliphatic heterocycles. The lowest BCUT2D eigenvalue weighted by atomic mass is 9.85. The summed E-state index contributed by atoms with van der Waals surface area (Å²) in [5, 5.41) is 4.82. The van der Waals surface area contributed by atoms with Gasteiger partial charge in [0, 0.05) is 62.4 Å². The molecule has 0 amide bonds. The number of fused-ring (bicyclic) bond motifs is 7. The maximum atomic E-state index is 6.82. The van der Waals surface area contributed by atoms with Crippen LogP contribution < -0.4 is 14.5 Å². The van der Waals surface area contributed by atoms with Crippen molar-refractivity contribution in [3.05, 3.63) is 211 Å². The fourth-order valence-corrected chi connectivity index (χ4v) is 10.3.